The lowest BCUT2D eigenvalue weighted by atomic mass is 10.1. The Kier molecular flexibility index (Phi) is 4.19. The molecule has 0 unspecified atom stereocenters. The summed E-state index contributed by atoms with van der Waals surface area (Å²) in [5.41, 5.74) is 5.65. The van der Waals surface area contributed by atoms with Crippen molar-refractivity contribution in [3.8, 4) is 11.1 Å². The van der Waals surface area contributed by atoms with Crippen LogP contribution in [0.4, 0.5) is 11.4 Å². The minimum absolute atomic E-state index is 0.142. The molecule has 134 valence electrons. The normalized spacial score (nSPS) is 12.7. The van der Waals surface area contributed by atoms with E-state index in [-0.39, 0.29) is 6.17 Å². The van der Waals surface area contributed by atoms with Gasteiger partial charge in [0, 0.05) is 11.4 Å². The quantitative estimate of drug-likeness (QED) is 0.543. The van der Waals surface area contributed by atoms with Crippen molar-refractivity contribution in [2.45, 2.75) is 6.17 Å². The fourth-order valence-electron chi connectivity index (χ4n) is 3.41. The smallest absolute Gasteiger partial charge is 0.166 e. The fourth-order valence-corrected chi connectivity index (χ4v) is 3.41. The van der Waals surface area contributed by atoms with Crippen LogP contribution >= 0.6 is 0 Å². The lowest BCUT2D eigenvalue weighted by molar-refractivity contribution is 0.771. The van der Waals surface area contributed by atoms with Crippen LogP contribution in [-0.2, 0) is 0 Å². The fraction of sp³-hybridized carbons (Fsp3) is 0.0400. The van der Waals surface area contributed by atoms with Crippen LogP contribution < -0.4 is 16.0 Å². The monoisotopic (exact) mass is 361 g/mol. The first-order valence-corrected chi connectivity index (χ1v) is 9.38. The van der Waals surface area contributed by atoms with Gasteiger partial charge in [-0.25, -0.2) is 0 Å². The highest BCUT2D eigenvalue weighted by atomic mass is 15.0. The number of benzene rings is 4. The topological polar surface area (TPSA) is 36.8 Å². The Labute approximate surface area is 163 Å². The van der Waals surface area contributed by atoms with E-state index in [1.54, 1.807) is 0 Å². The van der Waals surface area contributed by atoms with Crippen LogP contribution in [0.5, 0.6) is 0 Å². The molecule has 4 aromatic carbocycles. The maximum atomic E-state index is 4.69. The van der Waals surface area contributed by atoms with Gasteiger partial charge in [0.1, 0.15) is 0 Å². The third-order valence-electron chi connectivity index (χ3n) is 4.89. The third-order valence-corrected chi connectivity index (χ3v) is 4.89. The summed E-state index contributed by atoms with van der Waals surface area (Å²) in [6.45, 7) is 0. The van der Waals surface area contributed by atoms with Crippen LogP contribution in [0.2, 0.25) is 0 Å². The molecule has 0 saturated carbocycles. The van der Waals surface area contributed by atoms with Gasteiger partial charge in [-0.1, -0.05) is 66.7 Å². The Balaban J connectivity index is 1.31. The molecule has 1 heterocycles. The third kappa shape index (κ3) is 3.30. The Bertz CT molecular complexity index is 1180. The number of para-hydroxylation sites is 2. The van der Waals surface area contributed by atoms with Gasteiger partial charge in [0.25, 0.3) is 0 Å². The number of hydrogen-bond donors (Lipinski definition) is 1. The Morgan fingerprint density at radius 2 is 1.00 bits per heavy atom. The first kappa shape index (κ1) is 16.5. The van der Waals surface area contributed by atoms with E-state index in [2.05, 4.69) is 88.1 Å². The Morgan fingerprint density at radius 1 is 0.500 bits per heavy atom. The molecule has 0 saturated heterocycles. The van der Waals surface area contributed by atoms with Gasteiger partial charge in [0.05, 0.1) is 10.7 Å². The summed E-state index contributed by atoms with van der Waals surface area (Å²) < 4.78 is 0. The number of hydrogen-bond acceptors (Lipinski definition) is 3. The van der Waals surface area contributed by atoms with Gasteiger partial charge >= 0.3 is 0 Å². The Hall–Kier alpha value is -3.72. The molecule has 3 heteroatoms. The molecule has 3 nitrogen and oxygen atoms in total. The van der Waals surface area contributed by atoms with Crippen molar-refractivity contribution < 1.29 is 0 Å². The highest BCUT2D eigenvalue weighted by Gasteiger charge is 2.12. The van der Waals surface area contributed by atoms with Crippen molar-refractivity contribution in [3.05, 3.63) is 119 Å². The molecule has 0 bridgehead atoms. The first-order chi connectivity index (χ1) is 13.8. The second kappa shape index (κ2) is 7.12. The molecular formula is C25H19N3. The largest absolute Gasteiger partial charge is 0.356 e. The highest BCUT2D eigenvalue weighted by molar-refractivity contribution is 5.68. The van der Waals surface area contributed by atoms with Gasteiger partial charge in [-0.05, 0) is 53.1 Å². The summed E-state index contributed by atoms with van der Waals surface area (Å²) in [5.74, 6) is 0. The number of rotatable bonds is 4. The summed E-state index contributed by atoms with van der Waals surface area (Å²) in [6.07, 6.45) is -0.142. The predicted octanol–water partition coefficient (Wildman–Crippen LogP) is 5.05. The molecule has 28 heavy (non-hydrogen) atoms. The van der Waals surface area contributed by atoms with E-state index in [0.29, 0.717) is 0 Å². The van der Waals surface area contributed by atoms with Crippen LogP contribution in [0.15, 0.2) is 113 Å². The number of nitrogens with zero attached hydrogens (tertiary/aromatic N) is 2. The second-order valence-electron chi connectivity index (χ2n) is 6.81. The van der Waals surface area contributed by atoms with Crippen LogP contribution in [0.3, 0.4) is 0 Å². The average molecular weight is 361 g/mol. The molecule has 0 atom stereocenters. The van der Waals surface area contributed by atoms with E-state index in [9.17, 15) is 0 Å². The molecule has 0 aliphatic carbocycles. The highest BCUT2D eigenvalue weighted by Crippen LogP contribution is 2.25. The van der Waals surface area contributed by atoms with Gasteiger partial charge in [-0.3, -0.25) is 9.98 Å². The van der Waals surface area contributed by atoms with E-state index >= 15 is 0 Å². The molecule has 1 N–H and O–H groups in total. The summed E-state index contributed by atoms with van der Waals surface area (Å²) in [4.78, 5) is 9.37. The van der Waals surface area contributed by atoms with Gasteiger partial charge < -0.3 is 5.32 Å². The zero-order valence-corrected chi connectivity index (χ0v) is 15.3. The van der Waals surface area contributed by atoms with E-state index in [1.165, 1.54) is 11.1 Å². The lowest BCUT2D eigenvalue weighted by Gasteiger charge is -2.10. The zero-order valence-electron chi connectivity index (χ0n) is 15.3. The molecule has 0 radical (unpaired) electrons. The standard InChI is InChI=1S/C25H19N3/c1-2-6-18(7-3-1)19-10-14-21(15-11-19)26-22-16-12-20(13-17-22)25-27-23-8-4-5-9-24(23)28-25/h1-17,25-26H. The molecule has 1 aliphatic rings. The van der Waals surface area contributed by atoms with Crippen molar-refractivity contribution in [2.24, 2.45) is 9.98 Å². The van der Waals surface area contributed by atoms with E-state index in [4.69, 9.17) is 0 Å². The van der Waals surface area contributed by atoms with E-state index in [1.807, 2.05) is 30.3 Å². The summed E-state index contributed by atoms with van der Waals surface area (Å²) >= 11 is 0. The maximum absolute atomic E-state index is 4.69. The minimum Gasteiger partial charge on any atom is -0.356 e. The lowest BCUT2D eigenvalue weighted by Crippen LogP contribution is -2.19. The van der Waals surface area contributed by atoms with Crippen molar-refractivity contribution in [2.75, 3.05) is 5.32 Å². The molecule has 0 spiro atoms. The molecule has 4 aromatic rings. The van der Waals surface area contributed by atoms with Gasteiger partial charge in [0.15, 0.2) is 6.17 Å². The minimum atomic E-state index is -0.142. The van der Waals surface area contributed by atoms with E-state index in [0.717, 1.165) is 27.7 Å². The van der Waals surface area contributed by atoms with E-state index < -0.39 is 0 Å². The first-order valence-electron chi connectivity index (χ1n) is 9.38. The SMILES string of the molecule is c1ccc(-c2ccc(Nc3ccc(C4N=c5ccccc5=N4)cc3)cc2)cc1. The van der Waals surface area contributed by atoms with Crippen LogP contribution in [0.1, 0.15) is 11.7 Å². The van der Waals surface area contributed by atoms with Gasteiger partial charge in [-0.15, -0.1) is 0 Å². The molecule has 0 amide bonds. The molecule has 5 rings (SSSR count). The number of nitrogens with one attached hydrogen (secondary N) is 1. The summed E-state index contributed by atoms with van der Waals surface area (Å²) in [7, 11) is 0. The molecule has 1 aliphatic heterocycles. The number of anilines is 2. The zero-order chi connectivity index (χ0) is 18.8. The maximum Gasteiger partial charge on any atom is 0.166 e. The number of fused-ring (bicyclic) bond motifs is 1. The predicted molar refractivity (Wildman–Crippen MR) is 113 cm³/mol. The van der Waals surface area contributed by atoms with Gasteiger partial charge in [0.2, 0.25) is 0 Å². The summed E-state index contributed by atoms with van der Waals surface area (Å²) in [5, 5.41) is 5.39. The molecular weight excluding hydrogens is 342 g/mol. The van der Waals surface area contributed by atoms with Crippen molar-refractivity contribution in [3.63, 3.8) is 0 Å². The van der Waals surface area contributed by atoms with Crippen molar-refractivity contribution in [1.29, 1.82) is 0 Å². The van der Waals surface area contributed by atoms with Gasteiger partial charge in [-0.2, -0.15) is 0 Å². The van der Waals surface area contributed by atoms with Crippen molar-refractivity contribution >= 4 is 11.4 Å². The molecule has 0 aromatic heterocycles. The van der Waals surface area contributed by atoms with Crippen LogP contribution in [-0.4, -0.2) is 0 Å². The van der Waals surface area contributed by atoms with Crippen molar-refractivity contribution in [1.82, 2.24) is 0 Å². The average Bonchev–Trinajstić information content (AvgIpc) is 3.20. The summed E-state index contributed by atoms with van der Waals surface area (Å²) in [6, 6.07) is 35.2. The Morgan fingerprint density at radius 3 is 1.61 bits per heavy atom. The van der Waals surface area contributed by atoms with Crippen LogP contribution in [0.25, 0.3) is 11.1 Å². The van der Waals surface area contributed by atoms with Crippen LogP contribution in [0, 0.1) is 0 Å². The molecule has 0 fully saturated rings. The second-order valence-corrected chi connectivity index (χ2v) is 6.81.